The summed E-state index contributed by atoms with van der Waals surface area (Å²) in [6, 6.07) is 12.9. The summed E-state index contributed by atoms with van der Waals surface area (Å²) in [6.45, 7) is 0.186. The van der Waals surface area contributed by atoms with E-state index in [9.17, 15) is 4.79 Å². The van der Waals surface area contributed by atoms with Gasteiger partial charge in [0.15, 0.2) is 5.75 Å². The first-order valence-corrected chi connectivity index (χ1v) is 7.75. The van der Waals surface area contributed by atoms with Crippen LogP contribution >= 0.6 is 11.6 Å². The fourth-order valence-electron chi connectivity index (χ4n) is 2.60. The van der Waals surface area contributed by atoms with Crippen molar-refractivity contribution >= 4 is 34.1 Å². The highest BCUT2D eigenvalue weighted by molar-refractivity contribution is 6.32. The van der Waals surface area contributed by atoms with Gasteiger partial charge in [0.05, 0.1) is 24.9 Å². The zero-order valence-corrected chi connectivity index (χ0v) is 14.1. The van der Waals surface area contributed by atoms with E-state index in [1.54, 1.807) is 25.3 Å². The van der Waals surface area contributed by atoms with Crippen LogP contribution in [0.15, 0.2) is 48.7 Å². The molecule has 6 heteroatoms. The lowest BCUT2D eigenvalue weighted by Gasteiger charge is -2.12. The molecular formula is C18H17ClN2O3. The van der Waals surface area contributed by atoms with Gasteiger partial charge in [-0.1, -0.05) is 17.7 Å². The summed E-state index contributed by atoms with van der Waals surface area (Å²) >= 11 is 6.07. The van der Waals surface area contributed by atoms with E-state index in [0.29, 0.717) is 16.5 Å². The molecule has 24 heavy (non-hydrogen) atoms. The molecule has 3 aromatic rings. The lowest BCUT2D eigenvalue weighted by Crippen LogP contribution is -2.18. The van der Waals surface area contributed by atoms with E-state index in [-0.39, 0.29) is 12.5 Å². The standard InChI is InChI=1S/C18H17ClN2O3/c1-23-13-6-7-16-12(10-13)8-9-21(16)11-17(22)20-15-5-3-4-14(19)18(15)24-2/h3-10H,11H2,1-2H3,(H,20,22). The first-order chi connectivity index (χ1) is 11.6. The molecule has 5 nitrogen and oxygen atoms in total. The number of para-hydroxylation sites is 1. The van der Waals surface area contributed by atoms with Crippen LogP contribution in [0.25, 0.3) is 10.9 Å². The number of anilines is 1. The number of carbonyl (C=O) groups is 1. The molecule has 0 saturated heterocycles. The van der Waals surface area contributed by atoms with Gasteiger partial charge in [-0.2, -0.15) is 0 Å². The number of benzene rings is 2. The number of amides is 1. The fraction of sp³-hybridized carbons (Fsp3) is 0.167. The van der Waals surface area contributed by atoms with Gasteiger partial charge in [-0.3, -0.25) is 4.79 Å². The molecule has 0 aliphatic rings. The van der Waals surface area contributed by atoms with Crippen molar-refractivity contribution in [3.05, 3.63) is 53.7 Å². The first-order valence-electron chi connectivity index (χ1n) is 7.37. The third-order valence-corrected chi connectivity index (χ3v) is 4.03. The van der Waals surface area contributed by atoms with Gasteiger partial charge in [0, 0.05) is 17.1 Å². The van der Waals surface area contributed by atoms with Crippen LogP contribution < -0.4 is 14.8 Å². The normalized spacial score (nSPS) is 10.6. The van der Waals surface area contributed by atoms with Gasteiger partial charge in [-0.05, 0) is 36.4 Å². The molecule has 0 fully saturated rings. The molecule has 0 unspecified atom stereocenters. The molecule has 1 aromatic heterocycles. The minimum Gasteiger partial charge on any atom is -0.497 e. The van der Waals surface area contributed by atoms with Gasteiger partial charge < -0.3 is 19.4 Å². The predicted molar refractivity (Wildman–Crippen MR) is 95.1 cm³/mol. The van der Waals surface area contributed by atoms with Crippen LogP contribution in [0.3, 0.4) is 0 Å². The lowest BCUT2D eigenvalue weighted by molar-refractivity contribution is -0.116. The average Bonchev–Trinajstić information content (AvgIpc) is 2.97. The summed E-state index contributed by atoms with van der Waals surface area (Å²) in [7, 11) is 3.15. The molecule has 0 radical (unpaired) electrons. The molecule has 1 amide bonds. The quantitative estimate of drug-likeness (QED) is 0.762. The molecule has 0 atom stereocenters. The van der Waals surface area contributed by atoms with Crippen molar-refractivity contribution in [1.82, 2.24) is 4.57 Å². The second-order valence-corrected chi connectivity index (χ2v) is 5.64. The highest BCUT2D eigenvalue weighted by Gasteiger charge is 2.12. The first kappa shape index (κ1) is 16.2. The van der Waals surface area contributed by atoms with Gasteiger partial charge in [0.25, 0.3) is 0 Å². The van der Waals surface area contributed by atoms with Crippen molar-refractivity contribution in [1.29, 1.82) is 0 Å². The van der Waals surface area contributed by atoms with Gasteiger partial charge in [0.2, 0.25) is 5.91 Å². The molecule has 0 bridgehead atoms. The Labute approximate surface area is 144 Å². The summed E-state index contributed by atoms with van der Waals surface area (Å²) in [5, 5.41) is 4.30. The second-order valence-electron chi connectivity index (χ2n) is 5.24. The molecule has 0 spiro atoms. The van der Waals surface area contributed by atoms with E-state index in [1.807, 2.05) is 35.0 Å². The minimum absolute atomic E-state index is 0.163. The lowest BCUT2D eigenvalue weighted by atomic mass is 10.2. The Morgan fingerprint density at radius 3 is 2.75 bits per heavy atom. The Bertz CT molecular complexity index is 889. The summed E-state index contributed by atoms with van der Waals surface area (Å²) in [4.78, 5) is 12.4. The Hall–Kier alpha value is -2.66. The molecule has 2 aromatic carbocycles. The Balaban J connectivity index is 1.79. The molecule has 3 rings (SSSR count). The van der Waals surface area contributed by atoms with Gasteiger partial charge in [-0.15, -0.1) is 0 Å². The van der Waals surface area contributed by atoms with Crippen LogP contribution in [0.4, 0.5) is 5.69 Å². The molecule has 0 aliphatic heterocycles. The smallest absolute Gasteiger partial charge is 0.244 e. The number of aromatic nitrogens is 1. The summed E-state index contributed by atoms with van der Waals surface area (Å²) in [6.07, 6.45) is 1.87. The van der Waals surface area contributed by atoms with Gasteiger partial charge >= 0.3 is 0 Å². The van der Waals surface area contributed by atoms with E-state index < -0.39 is 0 Å². The number of hydrogen-bond donors (Lipinski definition) is 1. The number of ether oxygens (including phenoxy) is 2. The second kappa shape index (κ2) is 6.84. The van der Waals surface area contributed by atoms with Crippen LogP contribution in [-0.4, -0.2) is 24.7 Å². The van der Waals surface area contributed by atoms with E-state index in [0.717, 1.165) is 16.7 Å². The number of methoxy groups -OCH3 is 2. The maximum atomic E-state index is 12.4. The third-order valence-electron chi connectivity index (χ3n) is 3.74. The summed E-state index contributed by atoms with van der Waals surface area (Å²) in [5.74, 6) is 1.08. The number of halogens is 1. The number of rotatable bonds is 5. The van der Waals surface area contributed by atoms with Crippen LogP contribution in [-0.2, 0) is 11.3 Å². The monoisotopic (exact) mass is 344 g/mol. The maximum Gasteiger partial charge on any atom is 0.244 e. The molecule has 0 aliphatic carbocycles. The fourth-order valence-corrected chi connectivity index (χ4v) is 2.85. The number of hydrogen-bond acceptors (Lipinski definition) is 3. The average molecular weight is 345 g/mol. The summed E-state index contributed by atoms with van der Waals surface area (Å²) in [5.41, 5.74) is 1.51. The number of fused-ring (bicyclic) bond motifs is 1. The third kappa shape index (κ3) is 3.16. The van der Waals surface area contributed by atoms with Crippen molar-refractivity contribution in [2.45, 2.75) is 6.54 Å². The molecule has 124 valence electrons. The van der Waals surface area contributed by atoms with Crippen molar-refractivity contribution in [3.8, 4) is 11.5 Å². The molecular weight excluding hydrogens is 328 g/mol. The number of nitrogens with zero attached hydrogens (tertiary/aromatic N) is 1. The van der Waals surface area contributed by atoms with E-state index >= 15 is 0 Å². The van der Waals surface area contributed by atoms with Crippen LogP contribution in [0, 0.1) is 0 Å². The minimum atomic E-state index is -0.163. The predicted octanol–water partition coefficient (Wildman–Crippen LogP) is 3.95. The highest BCUT2D eigenvalue weighted by Crippen LogP contribution is 2.32. The van der Waals surface area contributed by atoms with E-state index in [2.05, 4.69) is 5.32 Å². The SMILES string of the molecule is COc1ccc2c(ccn2CC(=O)Nc2cccc(Cl)c2OC)c1. The Morgan fingerprint density at radius 2 is 2.00 bits per heavy atom. The zero-order chi connectivity index (χ0) is 17.1. The van der Waals surface area contributed by atoms with Crippen LogP contribution in [0.1, 0.15) is 0 Å². The Kier molecular flexibility index (Phi) is 4.62. The largest absolute Gasteiger partial charge is 0.497 e. The van der Waals surface area contributed by atoms with E-state index in [1.165, 1.54) is 7.11 Å². The van der Waals surface area contributed by atoms with Crippen LogP contribution in [0.2, 0.25) is 5.02 Å². The van der Waals surface area contributed by atoms with Crippen molar-refractivity contribution < 1.29 is 14.3 Å². The number of carbonyl (C=O) groups excluding carboxylic acids is 1. The number of nitrogens with one attached hydrogen (secondary N) is 1. The van der Waals surface area contributed by atoms with Gasteiger partial charge in [-0.25, -0.2) is 0 Å². The summed E-state index contributed by atoms with van der Waals surface area (Å²) < 4.78 is 12.3. The Morgan fingerprint density at radius 1 is 1.17 bits per heavy atom. The molecule has 1 N–H and O–H groups in total. The van der Waals surface area contributed by atoms with Crippen molar-refractivity contribution in [2.24, 2.45) is 0 Å². The van der Waals surface area contributed by atoms with Crippen LogP contribution in [0.5, 0.6) is 11.5 Å². The highest BCUT2D eigenvalue weighted by atomic mass is 35.5. The maximum absolute atomic E-state index is 12.4. The molecule has 0 saturated carbocycles. The van der Waals surface area contributed by atoms with E-state index in [4.69, 9.17) is 21.1 Å². The van der Waals surface area contributed by atoms with Crippen molar-refractivity contribution in [2.75, 3.05) is 19.5 Å². The van der Waals surface area contributed by atoms with Crippen molar-refractivity contribution in [3.63, 3.8) is 0 Å². The molecule has 1 heterocycles. The topological polar surface area (TPSA) is 52.5 Å². The zero-order valence-electron chi connectivity index (χ0n) is 13.4. The van der Waals surface area contributed by atoms with Gasteiger partial charge in [0.1, 0.15) is 12.3 Å².